The first kappa shape index (κ1) is 21.6. The minimum absolute atomic E-state index is 0.0722. The number of hydrogen-bond acceptors (Lipinski definition) is 4. The summed E-state index contributed by atoms with van der Waals surface area (Å²) in [5, 5.41) is 19.3. The number of benzene rings is 1. The van der Waals surface area contributed by atoms with Gasteiger partial charge in [0.05, 0.1) is 23.8 Å². The monoisotopic (exact) mass is 445 g/mol. The van der Waals surface area contributed by atoms with Crippen molar-refractivity contribution in [1.82, 2.24) is 0 Å². The Morgan fingerprint density at radius 2 is 1.91 bits per heavy atom. The number of hydrogen-bond donors (Lipinski definition) is 1. The van der Waals surface area contributed by atoms with Crippen LogP contribution in [0.1, 0.15) is 76.3 Å². The average molecular weight is 446 g/mol. The van der Waals surface area contributed by atoms with Gasteiger partial charge in [0.15, 0.2) is 5.78 Å². The molecular weight excluding hydrogens is 410 g/mol. The Balaban J connectivity index is 1.21. The van der Waals surface area contributed by atoms with Gasteiger partial charge >= 0.3 is 0 Å². The molecule has 174 valence electrons. The molecule has 4 heteroatoms. The van der Waals surface area contributed by atoms with Crippen molar-refractivity contribution < 1.29 is 14.6 Å². The third kappa shape index (κ3) is 2.98. The van der Waals surface area contributed by atoms with Gasteiger partial charge in [0.2, 0.25) is 0 Å². The summed E-state index contributed by atoms with van der Waals surface area (Å²) in [4.78, 5) is 13.4. The highest BCUT2D eigenvalue weighted by Crippen LogP contribution is 2.73. The highest BCUT2D eigenvalue weighted by Gasteiger charge is 2.76. The van der Waals surface area contributed by atoms with Gasteiger partial charge in [-0.15, -0.1) is 0 Å². The quantitative estimate of drug-likeness (QED) is 0.507. The molecule has 1 aliphatic heterocycles. The van der Waals surface area contributed by atoms with E-state index in [4.69, 9.17) is 10.00 Å². The number of ketones is 1. The van der Waals surface area contributed by atoms with Gasteiger partial charge in [0.25, 0.3) is 0 Å². The molecule has 9 atom stereocenters. The molecule has 33 heavy (non-hydrogen) atoms. The number of nitriles is 1. The van der Waals surface area contributed by atoms with Gasteiger partial charge in [0.1, 0.15) is 5.60 Å². The Morgan fingerprint density at radius 1 is 1.12 bits per heavy atom. The lowest BCUT2D eigenvalue weighted by Crippen LogP contribution is -2.58. The third-order valence-corrected chi connectivity index (χ3v) is 10.9. The second-order valence-electron chi connectivity index (χ2n) is 12.1. The molecule has 0 bridgehead atoms. The van der Waals surface area contributed by atoms with Gasteiger partial charge in [-0.05, 0) is 91.9 Å². The SMILES string of the molecule is C[C@]12CC[C@H]3[C@@H](C[C@@H]4O[C@@]45C[C@@H](O)CC[C@]35C)[C@@H]1CC[C@@H]2C(=O)/C=C/c1ccc(C#N)cc1. The second kappa shape index (κ2) is 7.27. The van der Waals surface area contributed by atoms with Crippen molar-refractivity contribution in [1.29, 1.82) is 5.26 Å². The van der Waals surface area contributed by atoms with E-state index < -0.39 is 0 Å². The molecule has 0 aromatic heterocycles. The number of epoxide rings is 1. The van der Waals surface area contributed by atoms with Crippen LogP contribution in [0.4, 0.5) is 0 Å². The van der Waals surface area contributed by atoms with Gasteiger partial charge < -0.3 is 9.84 Å². The molecule has 4 saturated carbocycles. The normalized spacial score (nSPS) is 47.7. The Hall–Kier alpha value is -1.96. The number of aliphatic hydroxyl groups is 1. The van der Waals surface area contributed by atoms with Crippen LogP contribution in [-0.2, 0) is 9.53 Å². The Labute approximate surface area is 197 Å². The van der Waals surface area contributed by atoms with Gasteiger partial charge in [0, 0.05) is 17.8 Å². The molecule has 1 aromatic rings. The fraction of sp³-hybridized carbons (Fsp3) is 0.655. The summed E-state index contributed by atoms with van der Waals surface area (Å²) in [6.45, 7) is 4.85. The van der Waals surface area contributed by atoms with Crippen LogP contribution in [0.3, 0.4) is 0 Å². The minimum atomic E-state index is -0.204. The summed E-state index contributed by atoms with van der Waals surface area (Å²) in [5.74, 6) is 2.27. The molecular formula is C29H35NO3. The predicted molar refractivity (Wildman–Crippen MR) is 126 cm³/mol. The van der Waals surface area contributed by atoms with E-state index in [9.17, 15) is 9.90 Å². The molecule has 4 aliphatic carbocycles. The largest absolute Gasteiger partial charge is 0.393 e. The van der Waals surface area contributed by atoms with Crippen LogP contribution in [0.25, 0.3) is 6.08 Å². The van der Waals surface area contributed by atoms with Gasteiger partial charge in [-0.2, -0.15) is 5.26 Å². The van der Waals surface area contributed by atoms with Gasteiger partial charge in [-0.3, -0.25) is 4.79 Å². The third-order valence-electron chi connectivity index (χ3n) is 10.9. The highest BCUT2D eigenvalue weighted by molar-refractivity contribution is 5.96. The smallest absolute Gasteiger partial charge is 0.159 e. The topological polar surface area (TPSA) is 73.6 Å². The van der Waals surface area contributed by atoms with Crippen molar-refractivity contribution in [2.75, 3.05) is 0 Å². The lowest BCUT2D eigenvalue weighted by molar-refractivity contribution is -0.131. The van der Waals surface area contributed by atoms with Crippen LogP contribution in [0.15, 0.2) is 30.3 Å². The van der Waals surface area contributed by atoms with E-state index in [0.717, 1.165) is 50.5 Å². The summed E-state index contributed by atoms with van der Waals surface area (Å²) in [5.41, 5.74) is 1.79. The highest BCUT2D eigenvalue weighted by atomic mass is 16.6. The molecule has 0 amide bonds. The zero-order chi connectivity index (χ0) is 23.0. The lowest BCUT2D eigenvalue weighted by Gasteiger charge is -2.59. The first-order valence-electron chi connectivity index (χ1n) is 12.9. The van der Waals surface area contributed by atoms with Crippen LogP contribution in [0.2, 0.25) is 0 Å². The summed E-state index contributed by atoms with van der Waals surface area (Å²) >= 11 is 0. The summed E-state index contributed by atoms with van der Waals surface area (Å²) in [7, 11) is 0. The fourth-order valence-electron chi connectivity index (χ4n) is 9.09. The van der Waals surface area contributed by atoms with Crippen molar-refractivity contribution in [2.45, 2.75) is 83.0 Å². The van der Waals surface area contributed by atoms with Crippen LogP contribution in [0.5, 0.6) is 0 Å². The maximum absolute atomic E-state index is 13.4. The number of carbonyl (C=O) groups is 1. The van der Waals surface area contributed by atoms with Crippen molar-refractivity contribution in [2.24, 2.45) is 34.5 Å². The number of ether oxygens (including phenoxy) is 1. The van der Waals surface area contributed by atoms with E-state index >= 15 is 0 Å². The molecule has 1 spiro atoms. The summed E-state index contributed by atoms with van der Waals surface area (Å²) in [6.07, 6.45) is 12.2. The lowest BCUT2D eigenvalue weighted by atomic mass is 9.44. The summed E-state index contributed by atoms with van der Waals surface area (Å²) in [6, 6.07) is 9.54. The number of fused-ring (bicyclic) bond motifs is 4. The van der Waals surface area contributed by atoms with Crippen molar-refractivity contribution in [3.05, 3.63) is 41.5 Å². The molecule has 4 nitrogen and oxygen atoms in total. The molecule has 5 fully saturated rings. The van der Waals surface area contributed by atoms with E-state index in [1.807, 2.05) is 18.2 Å². The maximum Gasteiger partial charge on any atom is 0.159 e. The van der Waals surface area contributed by atoms with Crippen LogP contribution >= 0.6 is 0 Å². The summed E-state index contributed by atoms with van der Waals surface area (Å²) < 4.78 is 6.44. The molecule has 1 heterocycles. The van der Waals surface area contributed by atoms with Crippen molar-refractivity contribution in [3.63, 3.8) is 0 Å². The van der Waals surface area contributed by atoms with E-state index in [-0.39, 0.29) is 34.2 Å². The fourth-order valence-corrected chi connectivity index (χ4v) is 9.09. The molecule has 0 unspecified atom stereocenters. The Morgan fingerprint density at radius 3 is 2.67 bits per heavy atom. The van der Waals surface area contributed by atoms with E-state index in [1.165, 1.54) is 6.42 Å². The predicted octanol–water partition coefficient (Wildman–Crippen LogP) is 5.29. The first-order valence-corrected chi connectivity index (χ1v) is 12.9. The first-order chi connectivity index (χ1) is 15.8. The number of aliphatic hydroxyl groups excluding tert-OH is 1. The van der Waals surface area contributed by atoms with Crippen LogP contribution in [0, 0.1) is 45.8 Å². The molecule has 6 rings (SSSR count). The van der Waals surface area contributed by atoms with Gasteiger partial charge in [-0.1, -0.05) is 32.1 Å². The number of rotatable bonds is 3. The van der Waals surface area contributed by atoms with E-state index in [0.29, 0.717) is 29.4 Å². The Kier molecular flexibility index (Phi) is 4.75. The molecule has 1 N–H and O–H groups in total. The zero-order valence-electron chi connectivity index (χ0n) is 19.8. The molecule has 5 aliphatic rings. The maximum atomic E-state index is 13.4. The molecule has 0 radical (unpaired) electrons. The van der Waals surface area contributed by atoms with Gasteiger partial charge in [-0.25, -0.2) is 0 Å². The van der Waals surface area contributed by atoms with Crippen LogP contribution in [-0.4, -0.2) is 28.7 Å². The van der Waals surface area contributed by atoms with E-state index in [1.54, 1.807) is 18.2 Å². The van der Waals surface area contributed by atoms with Crippen molar-refractivity contribution >= 4 is 11.9 Å². The van der Waals surface area contributed by atoms with E-state index in [2.05, 4.69) is 19.9 Å². The van der Waals surface area contributed by atoms with Crippen molar-refractivity contribution in [3.8, 4) is 6.07 Å². The molecule has 1 aromatic carbocycles. The number of allylic oxidation sites excluding steroid dienone is 1. The standard InChI is InChI=1S/C29H35NO3/c1-27-13-12-23-21(15-26-29(33-26)16-20(31)11-14-28(23,29)2)22(27)8-9-24(27)25(32)10-7-18-3-5-19(17-30)6-4-18/h3-7,10,20-24,26,31H,8-9,11-16H2,1-2H3/b10-7+/t20-,21-,22-,23-,24+,26-,27-,28+,29-/m0/s1. The van der Waals surface area contributed by atoms with Crippen LogP contribution < -0.4 is 0 Å². The Bertz CT molecular complexity index is 1040. The average Bonchev–Trinajstić information content (AvgIpc) is 3.39. The minimum Gasteiger partial charge on any atom is -0.393 e. The second-order valence-corrected chi connectivity index (χ2v) is 12.1. The number of carbonyl (C=O) groups excluding carboxylic acids is 1. The number of nitrogens with zero attached hydrogens (tertiary/aromatic N) is 1. The molecule has 1 saturated heterocycles. The zero-order valence-corrected chi connectivity index (χ0v) is 19.8.